The Hall–Kier alpha value is -3.81. The lowest BCUT2D eigenvalue weighted by molar-refractivity contribution is -0.203. The van der Waals surface area contributed by atoms with Gasteiger partial charge < -0.3 is 14.4 Å². The van der Waals surface area contributed by atoms with E-state index >= 15 is 0 Å². The predicted octanol–water partition coefficient (Wildman–Crippen LogP) is 3.56. The first-order valence-electron chi connectivity index (χ1n) is 13.3. The summed E-state index contributed by atoms with van der Waals surface area (Å²) in [6.45, 7) is 8.31. The molecular formula is C27H30F2N8O3. The van der Waals surface area contributed by atoms with E-state index in [1.165, 1.54) is 4.52 Å². The average molecular weight is 553 g/mol. The highest BCUT2D eigenvalue weighted by molar-refractivity contribution is 5.63. The minimum Gasteiger partial charge on any atom is -0.485 e. The molecule has 2 aliphatic heterocycles. The zero-order chi connectivity index (χ0) is 27.6. The largest absolute Gasteiger partial charge is 0.485 e. The Bertz CT molecular complexity index is 1460. The Kier molecular flexibility index (Phi) is 7.50. The second-order valence-electron chi connectivity index (χ2n) is 9.84. The molecule has 3 aromatic heterocycles. The maximum Gasteiger partial charge on any atom is 0.299 e. The van der Waals surface area contributed by atoms with Gasteiger partial charge in [-0.2, -0.15) is 24.8 Å². The highest BCUT2D eigenvalue weighted by Gasteiger charge is 2.27. The SMILES string of the molecule is Cc1nc2nc(C(F)F)nn2c(C)c1O[C@@H]1CCN(c2ccc(-c3ccc(CON4CCOCC4)nn3)cc2)C1. The maximum absolute atomic E-state index is 13.1. The number of hydroxylamine groups is 2. The maximum atomic E-state index is 13.1. The number of aryl methyl sites for hydroxylation is 2. The van der Waals surface area contributed by atoms with E-state index in [-0.39, 0.29) is 11.9 Å². The fraction of sp³-hybridized carbons (Fsp3) is 0.444. The van der Waals surface area contributed by atoms with Gasteiger partial charge in [0.15, 0.2) is 5.75 Å². The molecule has 0 aliphatic carbocycles. The number of nitrogens with zero attached hydrogens (tertiary/aromatic N) is 8. The Labute approximate surface area is 229 Å². The molecule has 6 rings (SSSR count). The van der Waals surface area contributed by atoms with Crippen molar-refractivity contribution >= 4 is 11.5 Å². The lowest BCUT2D eigenvalue weighted by atomic mass is 10.1. The summed E-state index contributed by atoms with van der Waals surface area (Å²) in [4.78, 5) is 16.2. The molecule has 40 heavy (non-hydrogen) atoms. The van der Waals surface area contributed by atoms with Gasteiger partial charge in [-0.3, -0.25) is 4.84 Å². The summed E-state index contributed by atoms with van der Waals surface area (Å²) >= 11 is 0. The lowest BCUT2D eigenvalue weighted by Gasteiger charge is -2.25. The molecule has 2 fully saturated rings. The number of ether oxygens (including phenoxy) is 2. The zero-order valence-corrected chi connectivity index (χ0v) is 22.3. The molecule has 0 unspecified atom stereocenters. The Morgan fingerprint density at radius 2 is 1.80 bits per heavy atom. The monoisotopic (exact) mass is 552 g/mol. The minimum atomic E-state index is -2.76. The first kappa shape index (κ1) is 26.4. The third-order valence-corrected chi connectivity index (χ3v) is 7.09. The van der Waals surface area contributed by atoms with E-state index < -0.39 is 12.2 Å². The van der Waals surface area contributed by atoms with Gasteiger partial charge in [0.1, 0.15) is 12.7 Å². The van der Waals surface area contributed by atoms with E-state index in [4.69, 9.17) is 14.3 Å². The predicted molar refractivity (Wildman–Crippen MR) is 141 cm³/mol. The van der Waals surface area contributed by atoms with Crippen LogP contribution in [0.5, 0.6) is 5.75 Å². The molecule has 0 bridgehead atoms. The van der Waals surface area contributed by atoms with Crippen molar-refractivity contribution in [3.8, 4) is 17.0 Å². The Morgan fingerprint density at radius 3 is 2.52 bits per heavy atom. The second-order valence-corrected chi connectivity index (χ2v) is 9.84. The van der Waals surface area contributed by atoms with Gasteiger partial charge in [-0.25, -0.2) is 13.8 Å². The molecule has 1 aromatic carbocycles. The van der Waals surface area contributed by atoms with Crippen LogP contribution in [0.25, 0.3) is 17.0 Å². The highest BCUT2D eigenvalue weighted by Crippen LogP contribution is 2.29. The molecule has 2 aliphatic rings. The van der Waals surface area contributed by atoms with Gasteiger partial charge in [0.05, 0.1) is 42.5 Å². The van der Waals surface area contributed by atoms with Crippen LogP contribution in [0.1, 0.15) is 35.8 Å². The minimum absolute atomic E-state index is 0.0764. The summed E-state index contributed by atoms with van der Waals surface area (Å²) in [5.74, 6) is 0.159. The molecule has 5 heterocycles. The zero-order valence-electron chi connectivity index (χ0n) is 22.3. The molecule has 0 radical (unpaired) electrons. The van der Waals surface area contributed by atoms with Crippen molar-refractivity contribution in [2.45, 2.75) is 39.4 Å². The van der Waals surface area contributed by atoms with Crippen molar-refractivity contribution in [3.05, 3.63) is 59.3 Å². The Morgan fingerprint density at radius 1 is 1.00 bits per heavy atom. The first-order valence-corrected chi connectivity index (χ1v) is 13.3. The number of halogens is 2. The van der Waals surface area contributed by atoms with Crippen molar-refractivity contribution in [2.24, 2.45) is 0 Å². The molecule has 4 aromatic rings. The summed E-state index contributed by atoms with van der Waals surface area (Å²) in [5.41, 5.74) is 4.82. The van der Waals surface area contributed by atoms with Gasteiger partial charge >= 0.3 is 0 Å². The highest BCUT2D eigenvalue weighted by atomic mass is 19.3. The summed E-state index contributed by atoms with van der Waals surface area (Å²) in [7, 11) is 0. The standard InChI is InChI=1S/C27H30F2N8O3/c1-17-24(18(2)37-27(30-17)31-26(34-37)25(28)29)40-22-9-10-35(15-22)21-6-3-19(4-7-21)23-8-5-20(32-33-23)16-39-36-11-13-38-14-12-36/h3-8,22,25H,9-16H2,1-2H3/t22-/m1/s1. The molecule has 1 atom stereocenters. The van der Waals surface area contributed by atoms with Crippen LogP contribution >= 0.6 is 0 Å². The van der Waals surface area contributed by atoms with Gasteiger partial charge in [-0.15, -0.1) is 5.10 Å². The number of alkyl halides is 2. The molecule has 0 saturated carbocycles. The van der Waals surface area contributed by atoms with Crippen LogP contribution in [0, 0.1) is 13.8 Å². The van der Waals surface area contributed by atoms with E-state index in [0.717, 1.165) is 48.7 Å². The number of anilines is 1. The summed E-state index contributed by atoms with van der Waals surface area (Å²) in [6.07, 6.45) is -2.02. The normalized spacial score (nSPS) is 18.2. The van der Waals surface area contributed by atoms with Gasteiger partial charge in [-0.1, -0.05) is 12.1 Å². The van der Waals surface area contributed by atoms with Crippen LogP contribution in [0.4, 0.5) is 14.5 Å². The number of benzene rings is 1. The number of morpholine rings is 1. The van der Waals surface area contributed by atoms with Crippen molar-refractivity contribution in [1.82, 2.24) is 34.8 Å². The number of aromatic nitrogens is 6. The number of hydrogen-bond donors (Lipinski definition) is 0. The van der Waals surface area contributed by atoms with Crippen molar-refractivity contribution in [1.29, 1.82) is 0 Å². The topological polar surface area (TPSA) is 103 Å². The van der Waals surface area contributed by atoms with E-state index in [0.29, 0.717) is 43.5 Å². The number of hydrogen-bond acceptors (Lipinski definition) is 10. The van der Waals surface area contributed by atoms with Crippen LogP contribution in [-0.4, -0.2) is 80.3 Å². The number of rotatable bonds is 8. The quantitative estimate of drug-likeness (QED) is 0.322. The van der Waals surface area contributed by atoms with Crippen molar-refractivity contribution < 1.29 is 23.1 Å². The third-order valence-electron chi connectivity index (χ3n) is 7.09. The third kappa shape index (κ3) is 5.58. The van der Waals surface area contributed by atoms with Crippen molar-refractivity contribution in [3.63, 3.8) is 0 Å². The smallest absolute Gasteiger partial charge is 0.299 e. The molecular weight excluding hydrogens is 522 g/mol. The molecule has 2 saturated heterocycles. The number of fused-ring (bicyclic) bond motifs is 1. The summed E-state index contributed by atoms with van der Waals surface area (Å²) in [5, 5.41) is 14.5. The van der Waals surface area contributed by atoms with E-state index in [1.807, 2.05) is 29.3 Å². The Balaban J connectivity index is 1.07. The molecule has 13 heteroatoms. The second kappa shape index (κ2) is 11.4. The van der Waals surface area contributed by atoms with Crippen LogP contribution in [0.15, 0.2) is 36.4 Å². The fourth-order valence-corrected chi connectivity index (χ4v) is 4.93. The van der Waals surface area contributed by atoms with Crippen LogP contribution in [0.2, 0.25) is 0 Å². The van der Waals surface area contributed by atoms with Gasteiger partial charge in [0.2, 0.25) is 5.82 Å². The van der Waals surface area contributed by atoms with Gasteiger partial charge in [0.25, 0.3) is 12.2 Å². The average Bonchev–Trinajstić information content (AvgIpc) is 3.63. The van der Waals surface area contributed by atoms with Gasteiger partial charge in [0, 0.05) is 37.3 Å². The summed E-state index contributed by atoms with van der Waals surface area (Å²) < 4.78 is 39.1. The van der Waals surface area contributed by atoms with Gasteiger partial charge in [-0.05, 0) is 38.1 Å². The van der Waals surface area contributed by atoms with Crippen LogP contribution in [0.3, 0.4) is 0 Å². The van der Waals surface area contributed by atoms with Crippen molar-refractivity contribution in [2.75, 3.05) is 44.3 Å². The van der Waals surface area contributed by atoms with Crippen LogP contribution < -0.4 is 9.64 Å². The molecule has 11 nitrogen and oxygen atoms in total. The van der Waals surface area contributed by atoms with Crippen LogP contribution in [-0.2, 0) is 16.2 Å². The van der Waals surface area contributed by atoms with E-state index in [9.17, 15) is 8.78 Å². The lowest BCUT2D eigenvalue weighted by Crippen LogP contribution is -2.36. The van der Waals surface area contributed by atoms with E-state index in [2.05, 4.69) is 42.3 Å². The van der Waals surface area contributed by atoms with E-state index in [1.54, 1.807) is 13.8 Å². The molecule has 0 N–H and O–H groups in total. The fourth-order valence-electron chi connectivity index (χ4n) is 4.93. The molecule has 210 valence electrons. The molecule has 0 spiro atoms. The first-order chi connectivity index (χ1) is 19.4. The summed E-state index contributed by atoms with van der Waals surface area (Å²) in [6, 6.07) is 12.1. The molecule has 0 amide bonds.